The Morgan fingerprint density at radius 1 is 1.03 bits per heavy atom. The number of anilines is 1. The molecule has 0 saturated carbocycles. The zero-order valence-electron chi connectivity index (χ0n) is 17.8. The molecule has 2 rings (SSSR count). The largest absolute Gasteiger partial charge is 0.491 e. The van der Waals surface area contributed by atoms with Crippen LogP contribution in [0.2, 0.25) is 0 Å². The van der Waals surface area contributed by atoms with E-state index in [9.17, 15) is 14.4 Å². The lowest BCUT2D eigenvalue weighted by atomic mass is 9.78. The molecule has 1 amide bonds. The minimum absolute atomic E-state index is 0.0240. The van der Waals surface area contributed by atoms with Crippen molar-refractivity contribution in [2.24, 2.45) is 0 Å². The van der Waals surface area contributed by atoms with E-state index in [1.165, 1.54) is 25.6 Å². The highest BCUT2D eigenvalue weighted by atomic mass is 32.2. The first-order chi connectivity index (χ1) is 13.4. The number of ketones is 1. The predicted molar refractivity (Wildman–Crippen MR) is 118 cm³/mol. The molecule has 0 bridgehead atoms. The smallest absolute Gasteiger partial charge is 0.400 e. The van der Waals surface area contributed by atoms with Crippen LogP contribution < -0.4 is 5.32 Å². The molecule has 6 nitrogen and oxygen atoms in total. The number of rotatable bonds is 7. The summed E-state index contributed by atoms with van der Waals surface area (Å²) in [6.07, 6.45) is 1.80. The van der Waals surface area contributed by atoms with Crippen molar-refractivity contribution in [2.45, 2.75) is 59.2 Å². The quantitative estimate of drug-likeness (QED) is 0.535. The van der Waals surface area contributed by atoms with Crippen LogP contribution in [0.15, 0.2) is 29.7 Å². The fraction of sp³-hybridized carbons (Fsp3) is 0.476. The van der Waals surface area contributed by atoms with Crippen LogP contribution in [0, 0.1) is 0 Å². The van der Waals surface area contributed by atoms with E-state index >= 15 is 0 Å². The van der Waals surface area contributed by atoms with Gasteiger partial charge < -0.3 is 14.6 Å². The molecule has 0 aliphatic carbocycles. The molecule has 1 aromatic rings. The van der Waals surface area contributed by atoms with Crippen LogP contribution in [0.3, 0.4) is 0 Å². The second-order valence-electron chi connectivity index (χ2n) is 8.14. The van der Waals surface area contributed by atoms with E-state index in [2.05, 4.69) is 5.32 Å². The summed E-state index contributed by atoms with van der Waals surface area (Å²) in [6.45, 7) is 10.9. The minimum atomic E-state index is -0.540. The van der Waals surface area contributed by atoms with E-state index in [1.807, 2.05) is 45.9 Å². The Labute approximate surface area is 176 Å². The van der Waals surface area contributed by atoms with Crippen molar-refractivity contribution in [1.82, 2.24) is 0 Å². The van der Waals surface area contributed by atoms with Gasteiger partial charge in [0.1, 0.15) is 5.78 Å². The van der Waals surface area contributed by atoms with E-state index in [0.717, 1.165) is 11.0 Å². The van der Waals surface area contributed by atoms with Crippen LogP contribution in [0.5, 0.6) is 0 Å². The number of Topliss-reactive ketones (excluding diaryl/α,β-unsaturated/α-hetero) is 1. The molecular formula is C21H28BNO5S. The topological polar surface area (TPSA) is 81.7 Å². The van der Waals surface area contributed by atoms with Gasteiger partial charge in [0.2, 0.25) is 5.91 Å². The van der Waals surface area contributed by atoms with Crippen molar-refractivity contribution < 1.29 is 23.7 Å². The molecule has 1 aliphatic rings. The first-order valence-corrected chi connectivity index (χ1v) is 10.5. The fourth-order valence-corrected chi connectivity index (χ4v) is 3.25. The Morgan fingerprint density at radius 2 is 1.59 bits per heavy atom. The number of hydrogen-bond acceptors (Lipinski definition) is 6. The average molecular weight is 417 g/mol. The van der Waals surface area contributed by atoms with E-state index in [4.69, 9.17) is 9.31 Å². The van der Waals surface area contributed by atoms with Crippen molar-refractivity contribution in [2.75, 3.05) is 11.1 Å². The van der Waals surface area contributed by atoms with Crippen LogP contribution in [0.1, 0.15) is 53.5 Å². The van der Waals surface area contributed by atoms with Crippen molar-refractivity contribution in [3.8, 4) is 0 Å². The average Bonchev–Trinajstić information content (AvgIpc) is 2.79. The van der Waals surface area contributed by atoms with Crippen LogP contribution in [0.25, 0.3) is 6.08 Å². The van der Waals surface area contributed by atoms with Crippen molar-refractivity contribution in [1.29, 1.82) is 0 Å². The van der Waals surface area contributed by atoms with E-state index in [-0.39, 0.29) is 23.2 Å². The lowest BCUT2D eigenvalue weighted by Crippen LogP contribution is -2.41. The normalized spacial score (nSPS) is 17.9. The Bertz CT molecular complexity index is 801. The number of carbonyl (C=O) groups is 3. The molecular weight excluding hydrogens is 389 g/mol. The Hall–Kier alpha value is -1.90. The second-order valence-corrected chi connectivity index (χ2v) is 9.29. The molecule has 29 heavy (non-hydrogen) atoms. The van der Waals surface area contributed by atoms with Gasteiger partial charge in [0, 0.05) is 18.4 Å². The van der Waals surface area contributed by atoms with Crippen LogP contribution >= 0.6 is 11.8 Å². The molecule has 1 aliphatic heterocycles. The van der Waals surface area contributed by atoms with Crippen molar-refractivity contribution >= 4 is 47.4 Å². The molecule has 0 radical (unpaired) electrons. The zero-order chi connectivity index (χ0) is 21.8. The molecule has 1 heterocycles. The van der Waals surface area contributed by atoms with E-state index < -0.39 is 18.3 Å². The van der Waals surface area contributed by atoms with Gasteiger partial charge in [-0.3, -0.25) is 14.4 Å². The molecule has 1 aromatic carbocycles. The maximum absolute atomic E-state index is 11.7. The third-order valence-corrected chi connectivity index (χ3v) is 5.84. The minimum Gasteiger partial charge on any atom is -0.400 e. The first-order valence-electron chi connectivity index (χ1n) is 9.48. The Kier molecular flexibility index (Phi) is 7.48. The number of amides is 1. The fourth-order valence-electron chi connectivity index (χ4n) is 2.67. The molecule has 1 fully saturated rings. The predicted octanol–water partition coefficient (Wildman–Crippen LogP) is 3.90. The second kappa shape index (κ2) is 9.28. The lowest BCUT2D eigenvalue weighted by molar-refractivity contribution is -0.124. The maximum atomic E-state index is 11.7. The highest BCUT2D eigenvalue weighted by Gasteiger charge is 2.52. The molecule has 156 valence electrons. The Morgan fingerprint density at radius 3 is 2.07 bits per heavy atom. The van der Waals surface area contributed by atoms with Gasteiger partial charge >= 0.3 is 7.12 Å². The highest BCUT2D eigenvalue weighted by molar-refractivity contribution is 8.13. The van der Waals surface area contributed by atoms with Crippen LogP contribution in [0.4, 0.5) is 5.69 Å². The van der Waals surface area contributed by atoms with Gasteiger partial charge in [-0.2, -0.15) is 0 Å². The standard InChI is InChI=1S/C21H28BNO5S/c1-14(24)11-19(26)23-18-9-7-16(8-10-18)12-17(13-29-15(2)25)22-27-20(3,4)21(5,6)28-22/h7-10,12H,11,13H2,1-6H3,(H,23,26). The molecule has 0 unspecified atom stereocenters. The molecule has 0 spiro atoms. The van der Waals surface area contributed by atoms with E-state index in [0.29, 0.717) is 11.4 Å². The van der Waals surface area contributed by atoms with Gasteiger partial charge in [-0.25, -0.2) is 0 Å². The van der Waals surface area contributed by atoms with Gasteiger partial charge in [0.05, 0.1) is 17.6 Å². The third-order valence-electron chi connectivity index (χ3n) is 4.95. The van der Waals surface area contributed by atoms with Gasteiger partial charge in [-0.15, -0.1) is 0 Å². The summed E-state index contributed by atoms with van der Waals surface area (Å²) in [6, 6.07) is 7.24. The number of nitrogens with one attached hydrogen (secondary N) is 1. The lowest BCUT2D eigenvalue weighted by Gasteiger charge is -2.32. The number of thioether (sulfide) groups is 1. The van der Waals surface area contributed by atoms with Crippen molar-refractivity contribution in [3.05, 3.63) is 35.3 Å². The first kappa shape index (κ1) is 23.4. The molecule has 0 aromatic heterocycles. The summed E-state index contributed by atoms with van der Waals surface area (Å²) >= 11 is 1.21. The summed E-state index contributed by atoms with van der Waals surface area (Å²) in [7, 11) is -0.540. The van der Waals surface area contributed by atoms with Crippen molar-refractivity contribution in [3.63, 3.8) is 0 Å². The SMILES string of the molecule is CC(=O)CC(=O)Nc1ccc(C=C(CSC(C)=O)B2OC(C)(C)C(C)(C)O2)cc1. The third kappa shape index (κ3) is 6.55. The van der Waals surface area contributed by atoms with Crippen LogP contribution in [-0.2, 0) is 23.7 Å². The van der Waals surface area contributed by atoms with Gasteiger partial charge in [0.25, 0.3) is 0 Å². The number of carbonyl (C=O) groups excluding carboxylic acids is 3. The van der Waals surface area contributed by atoms with Gasteiger partial charge in [-0.1, -0.05) is 30.0 Å². The molecule has 1 N–H and O–H groups in total. The summed E-state index contributed by atoms with van der Waals surface area (Å²) in [5.74, 6) is -0.0582. The summed E-state index contributed by atoms with van der Waals surface area (Å²) in [5, 5.41) is 2.72. The Balaban J connectivity index is 2.19. The molecule has 8 heteroatoms. The molecule has 0 atom stereocenters. The summed E-state index contributed by atoms with van der Waals surface area (Å²) in [4.78, 5) is 34.2. The molecule has 1 saturated heterocycles. The monoisotopic (exact) mass is 417 g/mol. The maximum Gasteiger partial charge on any atom is 0.491 e. The summed E-state index contributed by atoms with van der Waals surface area (Å²) < 4.78 is 12.3. The van der Waals surface area contributed by atoms with Gasteiger partial charge in [-0.05, 0) is 57.8 Å². The van der Waals surface area contributed by atoms with Crippen LogP contribution in [-0.4, -0.2) is 40.9 Å². The number of benzene rings is 1. The van der Waals surface area contributed by atoms with Gasteiger partial charge in [0.15, 0.2) is 5.12 Å². The summed E-state index contributed by atoms with van der Waals surface area (Å²) in [5.41, 5.74) is 1.43. The highest BCUT2D eigenvalue weighted by Crippen LogP contribution is 2.39. The number of hydrogen-bond donors (Lipinski definition) is 1. The van der Waals surface area contributed by atoms with E-state index in [1.54, 1.807) is 12.1 Å². The zero-order valence-corrected chi connectivity index (χ0v) is 18.6.